The molecule has 1 rings (SSSR count). The molecule has 0 radical (unpaired) electrons. The van der Waals surface area contributed by atoms with E-state index in [9.17, 15) is 10.2 Å². The third kappa shape index (κ3) is 1.72. The van der Waals surface area contributed by atoms with Crippen LogP contribution in [0.15, 0.2) is 0 Å². The van der Waals surface area contributed by atoms with E-state index in [-0.39, 0.29) is 6.04 Å². The Bertz CT molecular complexity index is 129. The molecule has 1 unspecified atom stereocenters. The first-order valence-corrected chi connectivity index (χ1v) is 4.27. The predicted molar refractivity (Wildman–Crippen MR) is 43.3 cm³/mol. The fourth-order valence-corrected chi connectivity index (χ4v) is 1.63. The second-order valence-electron chi connectivity index (χ2n) is 3.29. The van der Waals surface area contributed by atoms with Gasteiger partial charge in [-0.2, -0.15) is 0 Å². The van der Waals surface area contributed by atoms with Gasteiger partial charge >= 0.3 is 0 Å². The van der Waals surface area contributed by atoms with Crippen molar-refractivity contribution in [3.8, 4) is 0 Å². The Labute approximate surface area is 67.6 Å². The summed E-state index contributed by atoms with van der Waals surface area (Å²) in [5.74, 6) is 0. The minimum Gasteiger partial charge on any atom is -0.389 e. The van der Waals surface area contributed by atoms with E-state index in [1.54, 1.807) is 0 Å². The molecule has 1 fully saturated rings. The van der Waals surface area contributed by atoms with Crippen molar-refractivity contribution in [2.24, 2.45) is 0 Å². The normalized spacial score (nSPS) is 39.8. The van der Waals surface area contributed by atoms with Crippen molar-refractivity contribution in [1.29, 1.82) is 0 Å². The number of nitrogens with zero attached hydrogens (tertiary/aromatic N) is 1. The second kappa shape index (κ2) is 3.52. The molecule has 1 aliphatic heterocycles. The van der Waals surface area contributed by atoms with Gasteiger partial charge in [0.1, 0.15) is 0 Å². The van der Waals surface area contributed by atoms with Crippen LogP contribution in [0.2, 0.25) is 0 Å². The molecule has 1 aliphatic rings. The van der Waals surface area contributed by atoms with Gasteiger partial charge in [0.05, 0.1) is 12.2 Å². The van der Waals surface area contributed by atoms with E-state index in [4.69, 9.17) is 0 Å². The van der Waals surface area contributed by atoms with Crippen LogP contribution in [-0.4, -0.2) is 46.5 Å². The largest absolute Gasteiger partial charge is 0.389 e. The third-order valence-electron chi connectivity index (χ3n) is 2.40. The molecule has 0 aromatic heterocycles. The standard InChI is InChI=1S/C8H17NO2/c1-3-4-9-5-7(10)8(11)6(9)2/h6-8,10-11H,3-5H2,1-2H3/t6?,7-,8+/m1/s1. The molecular formula is C8H17NO2. The molecule has 11 heavy (non-hydrogen) atoms. The molecule has 0 aromatic rings. The first kappa shape index (κ1) is 8.97. The highest BCUT2D eigenvalue weighted by Crippen LogP contribution is 2.17. The van der Waals surface area contributed by atoms with Crippen LogP contribution in [0, 0.1) is 0 Å². The van der Waals surface area contributed by atoms with Gasteiger partial charge in [0.25, 0.3) is 0 Å². The van der Waals surface area contributed by atoms with E-state index in [1.165, 1.54) is 0 Å². The Hall–Kier alpha value is -0.120. The number of aliphatic hydroxyl groups excluding tert-OH is 2. The van der Waals surface area contributed by atoms with E-state index < -0.39 is 12.2 Å². The molecule has 1 heterocycles. The van der Waals surface area contributed by atoms with Gasteiger partial charge in [-0.05, 0) is 19.9 Å². The maximum Gasteiger partial charge on any atom is 0.0963 e. The van der Waals surface area contributed by atoms with E-state index in [2.05, 4.69) is 11.8 Å². The number of hydrogen-bond donors (Lipinski definition) is 2. The molecule has 0 amide bonds. The lowest BCUT2D eigenvalue weighted by atomic mass is 10.2. The van der Waals surface area contributed by atoms with Crippen LogP contribution in [-0.2, 0) is 0 Å². The molecule has 2 N–H and O–H groups in total. The van der Waals surface area contributed by atoms with Crippen molar-refractivity contribution in [3.63, 3.8) is 0 Å². The zero-order valence-corrected chi connectivity index (χ0v) is 7.20. The van der Waals surface area contributed by atoms with Crippen LogP contribution >= 0.6 is 0 Å². The lowest BCUT2D eigenvalue weighted by molar-refractivity contribution is 0.0415. The fraction of sp³-hybridized carbons (Fsp3) is 1.00. The molecule has 3 atom stereocenters. The molecule has 0 spiro atoms. The molecule has 0 aliphatic carbocycles. The van der Waals surface area contributed by atoms with Crippen molar-refractivity contribution in [2.45, 2.75) is 38.5 Å². The quantitative estimate of drug-likeness (QED) is 0.587. The Morgan fingerprint density at radius 3 is 2.45 bits per heavy atom. The third-order valence-corrected chi connectivity index (χ3v) is 2.40. The summed E-state index contributed by atoms with van der Waals surface area (Å²) in [6.07, 6.45) is -0.0258. The topological polar surface area (TPSA) is 43.7 Å². The first-order chi connectivity index (χ1) is 5.16. The van der Waals surface area contributed by atoms with E-state index in [0.717, 1.165) is 13.0 Å². The number of aliphatic hydroxyl groups is 2. The summed E-state index contributed by atoms with van der Waals surface area (Å²) in [6.45, 7) is 5.64. The summed E-state index contributed by atoms with van der Waals surface area (Å²) in [5.41, 5.74) is 0. The average molecular weight is 159 g/mol. The summed E-state index contributed by atoms with van der Waals surface area (Å²) >= 11 is 0. The van der Waals surface area contributed by atoms with E-state index >= 15 is 0 Å². The summed E-state index contributed by atoms with van der Waals surface area (Å²) in [6, 6.07) is 0.116. The Balaban J connectivity index is 2.45. The Morgan fingerprint density at radius 2 is 2.09 bits per heavy atom. The van der Waals surface area contributed by atoms with Crippen molar-refractivity contribution in [3.05, 3.63) is 0 Å². The zero-order valence-electron chi connectivity index (χ0n) is 7.20. The van der Waals surface area contributed by atoms with Gasteiger partial charge in [0, 0.05) is 12.6 Å². The van der Waals surface area contributed by atoms with Gasteiger partial charge in [-0.3, -0.25) is 4.90 Å². The average Bonchev–Trinajstić information content (AvgIpc) is 2.19. The smallest absolute Gasteiger partial charge is 0.0963 e. The van der Waals surface area contributed by atoms with Crippen molar-refractivity contribution in [1.82, 2.24) is 4.90 Å². The molecule has 0 bridgehead atoms. The highest BCUT2D eigenvalue weighted by atomic mass is 16.3. The monoisotopic (exact) mass is 159 g/mol. The van der Waals surface area contributed by atoms with Gasteiger partial charge in [-0.15, -0.1) is 0 Å². The Morgan fingerprint density at radius 1 is 1.45 bits per heavy atom. The van der Waals surface area contributed by atoms with E-state index in [1.807, 2.05) is 6.92 Å². The molecule has 0 aromatic carbocycles. The first-order valence-electron chi connectivity index (χ1n) is 4.27. The molecule has 3 heteroatoms. The van der Waals surface area contributed by atoms with Crippen molar-refractivity contribution in [2.75, 3.05) is 13.1 Å². The lowest BCUT2D eigenvalue weighted by Gasteiger charge is -2.20. The zero-order chi connectivity index (χ0) is 8.43. The number of β-amino-alcohol motifs (C(OH)–C–C–N with tert-alkyl or cyclic N) is 1. The molecular weight excluding hydrogens is 142 g/mol. The number of likely N-dealkylation sites (tertiary alicyclic amines) is 1. The van der Waals surface area contributed by atoms with Crippen LogP contribution in [0.5, 0.6) is 0 Å². The lowest BCUT2D eigenvalue weighted by Crippen LogP contribution is -2.33. The molecule has 3 nitrogen and oxygen atoms in total. The summed E-state index contributed by atoms with van der Waals surface area (Å²) in [5, 5.41) is 18.6. The molecule has 66 valence electrons. The number of rotatable bonds is 2. The number of hydrogen-bond acceptors (Lipinski definition) is 3. The highest BCUT2D eigenvalue weighted by Gasteiger charge is 2.35. The summed E-state index contributed by atoms with van der Waals surface area (Å²) in [7, 11) is 0. The van der Waals surface area contributed by atoms with Gasteiger partial charge in [-0.25, -0.2) is 0 Å². The van der Waals surface area contributed by atoms with Crippen LogP contribution in [0.25, 0.3) is 0 Å². The molecule has 0 saturated carbocycles. The van der Waals surface area contributed by atoms with Gasteiger partial charge in [0.2, 0.25) is 0 Å². The van der Waals surface area contributed by atoms with Gasteiger partial charge in [-0.1, -0.05) is 6.92 Å². The fourth-order valence-electron chi connectivity index (χ4n) is 1.63. The van der Waals surface area contributed by atoms with Crippen LogP contribution in [0.1, 0.15) is 20.3 Å². The minimum atomic E-state index is -0.554. The van der Waals surface area contributed by atoms with Crippen LogP contribution in [0.4, 0.5) is 0 Å². The maximum atomic E-state index is 9.37. The van der Waals surface area contributed by atoms with Gasteiger partial charge in [0.15, 0.2) is 0 Å². The summed E-state index contributed by atoms with van der Waals surface area (Å²) < 4.78 is 0. The SMILES string of the molecule is CCCN1C[C@@H](O)[C@@H](O)C1C. The van der Waals surface area contributed by atoms with Crippen molar-refractivity contribution >= 4 is 0 Å². The van der Waals surface area contributed by atoms with E-state index in [0.29, 0.717) is 6.54 Å². The van der Waals surface area contributed by atoms with Crippen molar-refractivity contribution < 1.29 is 10.2 Å². The second-order valence-corrected chi connectivity index (χ2v) is 3.29. The molecule has 1 saturated heterocycles. The predicted octanol–water partition coefficient (Wildman–Crippen LogP) is -0.178. The summed E-state index contributed by atoms with van der Waals surface area (Å²) in [4.78, 5) is 2.12. The van der Waals surface area contributed by atoms with Crippen LogP contribution < -0.4 is 0 Å². The Kier molecular flexibility index (Phi) is 2.87. The minimum absolute atomic E-state index is 0.116. The highest BCUT2D eigenvalue weighted by molar-refractivity contribution is 4.90. The van der Waals surface area contributed by atoms with Crippen LogP contribution in [0.3, 0.4) is 0 Å². The van der Waals surface area contributed by atoms with Gasteiger partial charge < -0.3 is 10.2 Å². The maximum absolute atomic E-state index is 9.37.